The third-order valence-corrected chi connectivity index (χ3v) is 4.25. The second-order valence-electron chi connectivity index (χ2n) is 7.18. The average molecular weight is 328 g/mol. The number of allylic oxidation sites excluding steroid dienone is 9. The van der Waals surface area contributed by atoms with Crippen LogP contribution < -0.4 is 5.32 Å². The molecule has 1 atom stereocenters. The minimum absolute atomic E-state index is 0.0403. The van der Waals surface area contributed by atoms with Crippen molar-refractivity contribution in [1.29, 1.82) is 0 Å². The van der Waals surface area contributed by atoms with Gasteiger partial charge in [-0.2, -0.15) is 0 Å². The molecule has 0 fully saturated rings. The van der Waals surface area contributed by atoms with Gasteiger partial charge < -0.3 is 5.32 Å². The van der Waals surface area contributed by atoms with Crippen LogP contribution in [0.15, 0.2) is 58.7 Å². The minimum Gasteiger partial charge on any atom is -0.350 e. The number of amides is 1. The topological polar surface area (TPSA) is 29.1 Å². The molecule has 1 N–H and O–H groups in total. The molecule has 0 heterocycles. The van der Waals surface area contributed by atoms with Crippen LogP contribution in [0.1, 0.15) is 60.8 Å². The highest BCUT2D eigenvalue weighted by Gasteiger charge is 2.14. The van der Waals surface area contributed by atoms with Crippen molar-refractivity contribution in [2.45, 2.75) is 66.8 Å². The number of carbonyl (C=O) groups excluding carboxylic acids is 1. The Morgan fingerprint density at radius 3 is 2.54 bits per heavy atom. The first-order valence-corrected chi connectivity index (χ1v) is 9.01. The van der Waals surface area contributed by atoms with Crippen molar-refractivity contribution < 1.29 is 4.79 Å². The number of nitrogens with one attached hydrogen (secondary N) is 1. The minimum atomic E-state index is -0.0403. The summed E-state index contributed by atoms with van der Waals surface area (Å²) in [5, 5.41) is 2.86. The third kappa shape index (κ3) is 7.63. The van der Waals surface area contributed by atoms with Crippen molar-refractivity contribution in [3.05, 3.63) is 58.7 Å². The fourth-order valence-corrected chi connectivity index (χ4v) is 2.91. The predicted molar refractivity (Wildman–Crippen MR) is 105 cm³/mol. The smallest absolute Gasteiger partial charge is 0.244 e. The van der Waals surface area contributed by atoms with E-state index in [2.05, 4.69) is 44.3 Å². The molecular weight excluding hydrogens is 294 g/mol. The van der Waals surface area contributed by atoms with Crippen molar-refractivity contribution in [2.75, 3.05) is 0 Å². The summed E-state index contributed by atoms with van der Waals surface area (Å²) < 4.78 is 0. The summed E-state index contributed by atoms with van der Waals surface area (Å²) in [4.78, 5) is 11.6. The molecule has 0 aromatic carbocycles. The molecule has 0 radical (unpaired) electrons. The van der Waals surface area contributed by atoms with Crippen molar-refractivity contribution in [1.82, 2.24) is 5.32 Å². The van der Waals surface area contributed by atoms with Gasteiger partial charge in [0.15, 0.2) is 0 Å². The lowest BCUT2D eigenvalue weighted by Crippen LogP contribution is -2.28. The number of hydrogen-bond acceptors (Lipinski definition) is 1. The molecule has 0 bridgehead atoms. The molecule has 1 rings (SSSR count). The van der Waals surface area contributed by atoms with Gasteiger partial charge in [0.25, 0.3) is 0 Å². The zero-order valence-corrected chi connectivity index (χ0v) is 16.1. The van der Waals surface area contributed by atoms with Crippen LogP contribution in [-0.2, 0) is 4.79 Å². The second-order valence-corrected chi connectivity index (χ2v) is 7.18. The summed E-state index contributed by atoms with van der Waals surface area (Å²) in [5.74, 6) is 0.629. The van der Waals surface area contributed by atoms with Crippen LogP contribution in [0.25, 0.3) is 0 Å². The van der Waals surface area contributed by atoms with Crippen molar-refractivity contribution in [2.24, 2.45) is 5.92 Å². The molecule has 1 aliphatic carbocycles. The van der Waals surface area contributed by atoms with Gasteiger partial charge in [0.05, 0.1) is 0 Å². The highest BCUT2D eigenvalue weighted by Crippen LogP contribution is 2.30. The van der Waals surface area contributed by atoms with Crippen LogP contribution in [0, 0.1) is 5.92 Å². The molecule has 0 spiro atoms. The van der Waals surface area contributed by atoms with Crippen LogP contribution >= 0.6 is 0 Å². The van der Waals surface area contributed by atoms with Crippen molar-refractivity contribution >= 4 is 5.91 Å². The zero-order valence-electron chi connectivity index (χ0n) is 16.1. The molecule has 24 heavy (non-hydrogen) atoms. The van der Waals surface area contributed by atoms with Gasteiger partial charge in [-0.1, -0.05) is 48.5 Å². The number of rotatable bonds is 6. The lowest BCUT2D eigenvalue weighted by atomic mass is 9.84. The molecule has 0 aromatic rings. The van der Waals surface area contributed by atoms with Gasteiger partial charge >= 0.3 is 0 Å². The molecule has 1 amide bonds. The lowest BCUT2D eigenvalue weighted by molar-refractivity contribution is -0.117. The molecule has 2 heteroatoms. The maximum Gasteiger partial charge on any atom is 0.244 e. The van der Waals surface area contributed by atoms with E-state index in [1.54, 1.807) is 6.08 Å². The van der Waals surface area contributed by atoms with E-state index in [1.807, 2.05) is 32.9 Å². The Labute approximate surface area is 148 Å². The zero-order chi connectivity index (χ0) is 18.1. The largest absolute Gasteiger partial charge is 0.350 e. The lowest BCUT2D eigenvalue weighted by Gasteiger charge is -2.22. The normalized spacial score (nSPS) is 20.5. The van der Waals surface area contributed by atoms with E-state index in [-0.39, 0.29) is 11.9 Å². The molecular formula is C22H33NO. The first-order valence-electron chi connectivity index (χ1n) is 9.01. The van der Waals surface area contributed by atoms with Crippen molar-refractivity contribution in [3.8, 4) is 0 Å². The number of carbonyl (C=O) groups is 1. The molecule has 0 saturated carbocycles. The van der Waals surface area contributed by atoms with E-state index in [9.17, 15) is 4.79 Å². The summed E-state index contributed by atoms with van der Waals surface area (Å²) in [6.45, 7) is 12.5. The molecule has 0 aliphatic heterocycles. The van der Waals surface area contributed by atoms with Crippen LogP contribution in [0.2, 0.25) is 0 Å². The summed E-state index contributed by atoms with van der Waals surface area (Å²) in [7, 11) is 0. The Kier molecular flexibility index (Phi) is 8.53. The predicted octanol–water partition coefficient (Wildman–Crippen LogP) is 5.65. The van der Waals surface area contributed by atoms with E-state index in [0.717, 1.165) is 5.57 Å². The van der Waals surface area contributed by atoms with Gasteiger partial charge in [0.2, 0.25) is 5.91 Å². The van der Waals surface area contributed by atoms with Gasteiger partial charge in [-0.25, -0.2) is 0 Å². The van der Waals surface area contributed by atoms with Crippen LogP contribution in [0.3, 0.4) is 0 Å². The van der Waals surface area contributed by atoms with Gasteiger partial charge in [0, 0.05) is 12.1 Å². The van der Waals surface area contributed by atoms with Gasteiger partial charge in [-0.05, 0) is 70.9 Å². The molecule has 0 aromatic heterocycles. The summed E-state index contributed by atoms with van der Waals surface area (Å²) in [5.41, 5.74) is 5.19. The third-order valence-electron chi connectivity index (χ3n) is 4.25. The first kappa shape index (κ1) is 20.2. The maximum atomic E-state index is 11.6. The van der Waals surface area contributed by atoms with Gasteiger partial charge in [-0.3, -0.25) is 4.79 Å². The van der Waals surface area contributed by atoms with E-state index in [4.69, 9.17) is 0 Å². The average Bonchev–Trinajstić information content (AvgIpc) is 2.45. The summed E-state index contributed by atoms with van der Waals surface area (Å²) in [6, 6.07) is 0.165. The SMILES string of the molecule is CC1=C(/C=C/C(C)=C/C=C/C(C)=C/C(=O)NC(C)C)C(C)CCC1. The Morgan fingerprint density at radius 2 is 1.92 bits per heavy atom. The fourth-order valence-electron chi connectivity index (χ4n) is 2.91. The monoisotopic (exact) mass is 327 g/mol. The quantitative estimate of drug-likeness (QED) is 0.495. The van der Waals surface area contributed by atoms with Crippen LogP contribution in [-0.4, -0.2) is 11.9 Å². The highest BCUT2D eigenvalue weighted by molar-refractivity contribution is 5.88. The Bertz CT molecular complexity index is 585. The fraction of sp³-hybridized carbons (Fsp3) is 0.500. The molecule has 0 saturated heterocycles. The molecule has 1 aliphatic rings. The Morgan fingerprint density at radius 1 is 1.21 bits per heavy atom. The summed E-state index contributed by atoms with van der Waals surface area (Å²) >= 11 is 0. The van der Waals surface area contributed by atoms with Crippen molar-refractivity contribution in [3.63, 3.8) is 0 Å². The van der Waals surface area contributed by atoms with Crippen LogP contribution in [0.5, 0.6) is 0 Å². The second kappa shape index (κ2) is 10.1. The maximum absolute atomic E-state index is 11.6. The molecule has 2 nitrogen and oxygen atoms in total. The molecule has 132 valence electrons. The first-order chi connectivity index (χ1) is 11.3. The summed E-state index contributed by atoms with van der Waals surface area (Å²) in [6.07, 6.45) is 16.0. The molecule has 1 unspecified atom stereocenters. The van der Waals surface area contributed by atoms with E-state index in [1.165, 1.54) is 36.0 Å². The standard InChI is InChI=1S/C22H33NO/c1-16(2)23-22(24)15-18(4)10-7-9-17(3)13-14-21-19(5)11-8-12-20(21)6/h7,9-10,13-16,19H,8,11-12H2,1-6H3,(H,23,24)/b10-7+,14-13+,17-9+,18-15+. The highest BCUT2D eigenvalue weighted by atomic mass is 16.1. The van der Waals surface area contributed by atoms with Gasteiger partial charge in [0.1, 0.15) is 0 Å². The Hall–Kier alpha value is -1.83. The van der Waals surface area contributed by atoms with Gasteiger partial charge in [-0.15, -0.1) is 0 Å². The van der Waals surface area contributed by atoms with E-state index in [0.29, 0.717) is 5.92 Å². The van der Waals surface area contributed by atoms with E-state index < -0.39 is 0 Å². The van der Waals surface area contributed by atoms with E-state index >= 15 is 0 Å². The Balaban J connectivity index is 2.65. The number of hydrogen-bond donors (Lipinski definition) is 1. The van der Waals surface area contributed by atoms with Crippen LogP contribution in [0.4, 0.5) is 0 Å².